The van der Waals surface area contributed by atoms with Crippen LogP contribution in [0.15, 0.2) is 97.3 Å². The molecule has 8 heteroatoms. The van der Waals surface area contributed by atoms with Crippen LogP contribution in [0.1, 0.15) is 26.4 Å². The summed E-state index contributed by atoms with van der Waals surface area (Å²) in [7, 11) is 1.35. The maximum Gasteiger partial charge on any atom is 0.337 e. The van der Waals surface area contributed by atoms with E-state index >= 15 is 0 Å². The zero-order valence-electron chi connectivity index (χ0n) is 20.9. The molecule has 1 amide bonds. The van der Waals surface area contributed by atoms with Crippen molar-refractivity contribution in [3.8, 4) is 0 Å². The number of benzene rings is 3. The van der Waals surface area contributed by atoms with Gasteiger partial charge in [-0.15, -0.1) is 0 Å². The highest BCUT2D eigenvalue weighted by atomic mass is 16.5. The highest BCUT2D eigenvalue weighted by Gasteiger charge is 2.11. The molecule has 0 aliphatic carbocycles. The molecule has 0 saturated heterocycles. The standard InChI is InChI=1S/C30H25N5O3/c1-19-15-25(11-13-31-19)33-23-7-4-8-24(18-23)35-29(36)20-5-3-6-22(16-20)34-28-12-14-32-27-10-9-21(17-26(27)28)30(37)38-2/h3-18H,1-2H3,(H,31,33)(H,32,34)(H,35,36). The summed E-state index contributed by atoms with van der Waals surface area (Å²) in [6.07, 6.45) is 3.43. The van der Waals surface area contributed by atoms with Crippen molar-refractivity contribution in [1.29, 1.82) is 0 Å². The number of pyridine rings is 2. The van der Waals surface area contributed by atoms with Crippen LogP contribution in [0.25, 0.3) is 10.9 Å². The summed E-state index contributed by atoms with van der Waals surface area (Å²) < 4.78 is 4.85. The Morgan fingerprint density at radius 3 is 2.26 bits per heavy atom. The lowest BCUT2D eigenvalue weighted by Gasteiger charge is -2.12. The molecule has 0 aliphatic rings. The molecule has 0 bridgehead atoms. The number of esters is 1. The van der Waals surface area contributed by atoms with Gasteiger partial charge in [-0.3, -0.25) is 14.8 Å². The lowest BCUT2D eigenvalue weighted by atomic mass is 10.1. The number of anilines is 5. The average Bonchev–Trinajstić information content (AvgIpc) is 2.93. The minimum Gasteiger partial charge on any atom is -0.465 e. The number of methoxy groups -OCH3 is 1. The minimum atomic E-state index is -0.421. The van der Waals surface area contributed by atoms with Gasteiger partial charge in [0.1, 0.15) is 0 Å². The smallest absolute Gasteiger partial charge is 0.337 e. The summed E-state index contributed by atoms with van der Waals surface area (Å²) in [4.78, 5) is 33.7. The maximum atomic E-state index is 13.1. The minimum absolute atomic E-state index is 0.238. The molecule has 0 fully saturated rings. The number of nitrogens with one attached hydrogen (secondary N) is 3. The quantitative estimate of drug-likeness (QED) is 0.219. The zero-order chi connectivity index (χ0) is 26.5. The van der Waals surface area contributed by atoms with Crippen molar-refractivity contribution < 1.29 is 14.3 Å². The van der Waals surface area contributed by atoms with E-state index in [-0.39, 0.29) is 5.91 Å². The third-order valence-electron chi connectivity index (χ3n) is 5.87. The fourth-order valence-electron chi connectivity index (χ4n) is 4.06. The van der Waals surface area contributed by atoms with Gasteiger partial charge < -0.3 is 20.7 Å². The predicted octanol–water partition coefficient (Wildman–Crippen LogP) is 6.46. The van der Waals surface area contributed by atoms with E-state index in [9.17, 15) is 9.59 Å². The van der Waals surface area contributed by atoms with Gasteiger partial charge in [0.25, 0.3) is 5.91 Å². The van der Waals surface area contributed by atoms with Crippen molar-refractivity contribution in [3.63, 3.8) is 0 Å². The number of carbonyl (C=O) groups excluding carboxylic acids is 2. The zero-order valence-corrected chi connectivity index (χ0v) is 20.9. The van der Waals surface area contributed by atoms with Gasteiger partial charge in [0.05, 0.1) is 18.2 Å². The lowest BCUT2D eigenvalue weighted by molar-refractivity contribution is 0.0600. The summed E-state index contributed by atoms with van der Waals surface area (Å²) in [5, 5.41) is 10.4. The van der Waals surface area contributed by atoms with Crippen LogP contribution >= 0.6 is 0 Å². The van der Waals surface area contributed by atoms with Crippen LogP contribution in [-0.4, -0.2) is 29.0 Å². The van der Waals surface area contributed by atoms with Crippen molar-refractivity contribution in [3.05, 3.63) is 114 Å². The molecule has 5 rings (SSSR count). The van der Waals surface area contributed by atoms with Crippen LogP contribution in [0.4, 0.5) is 28.4 Å². The fourth-order valence-corrected chi connectivity index (χ4v) is 4.06. The number of aryl methyl sites for hydroxylation is 1. The van der Waals surface area contributed by atoms with Gasteiger partial charge in [-0.2, -0.15) is 0 Å². The molecule has 3 N–H and O–H groups in total. The van der Waals surface area contributed by atoms with Crippen molar-refractivity contribution in [2.45, 2.75) is 6.92 Å². The largest absolute Gasteiger partial charge is 0.465 e. The van der Waals surface area contributed by atoms with Gasteiger partial charge in [0.15, 0.2) is 0 Å². The Labute approximate surface area is 219 Å². The Hall–Kier alpha value is -5.24. The number of hydrogen-bond acceptors (Lipinski definition) is 7. The third kappa shape index (κ3) is 5.60. The van der Waals surface area contributed by atoms with E-state index in [1.54, 1.807) is 42.7 Å². The van der Waals surface area contributed by atoms with E-state index in [1.165, 1.54) is 7.11 Å². The molecule has 0 aliphatic heterocycles. The Kier molecular flexibility index (Phi) is 6.95. The molecule has 38 heavy (non-hydrogen) atoms. The number of hydrogen-bond donors (Lipinski definition) is 3. The summed E-state index contributed by atoms with van der Waals surface area (Å²) in [5.41, 5.74) is 6.47. The summed E-state index contributed by atoms with van der Waals surface area (Å²) >= 11 is 0. The van der Waals surface area contributed by atoms with E-state index < -0.39 is 5.97 Å². The molecule has 2 aromatic heterocycles. The molecule has 2 heterocycles. The van der Waals surface area contributed by atoms with Crippen molar-refractivity contribution in [2.24, 2.45) is 0 Å². The molecule has 3 aromatic carbocycles. The molecule has 0 radical (unpaired) electrons. The monoisotopic (exact) mass is 503 g/mol. The van der Waals surface area contributed by atoms with Gasteiger partial charge in [-0.05, 0) is 79.7 Å². The number of aromatic nitrogens is 2. The number of rotatable bonds is 7. The summed E-state index contributed by atoms with van der Waals surface area (Å²) in [5.74, 6) is -0.659. The summed E-state index contributed by atoms with van der Waals surface area (Å²) in [6.45, 7) is 1.93. The Morgan fingerprint density at radius 2 is 1.45 bits per heavy atom. The number of carbonyl (C=O) groups is 2. The molecule has 0 atom stereocenters. The fraction of sp³-hybridized carbons (Fsp3) is 0.0667. The topological polar surface area (TPSA) is 105 Å². The third-order valence-corrected chi connectivity index (χ3v) is 5.87. The Morgan fingerprint density at radius 1 is 0.711 bits per heavy atom. The molecule has 5 aromatic rings. The second kappa shape index (κ2) is 10.8. The average molecular weight is 504 g/mol. The van der Waals surface area contributed by atoms with Gasteiger partial charge in [-0.1, -0.05) is 12.1 Å². The first-order valence-corrected chi connectivity index (χ1v) is 11.9. The highest BCUT2D eigenvalue weighted by Crippen LogP contribution is 2.27. The lowest BCUT2D eigenvalue weighted by Crippen LogP contribution is -2.12. The first-order valence-electron chi connectivity index (χ1n) is 11.9. The van der Waals surface area contributed by atoms with Crippen LogP contribution in [0.5, 0.6) is 0 Å². The van der Waals surface area contributed by atoms with E-state index in [2.05, 4.69) is 25.9 Å². The number of fused-ring (bicyclic) bond motifs is 1. The molecular formula is C30H25N5O3. The van der Waals surface area contributed by atoms with Crippen molar-refractivity contribution in [1.82, 2.24) is 9.97 Å². The molecule has 188 valence electrons. The first kappa shape index (κ1) is 24.5. The number of amides is 1. The molecule has 8 nitrogen and oxygen atoms in total. The van der Waals surface area contributed by atoms with Crippen molar-refractivity contribution in [2.75, 3.05) is 23.1 Å². The molecule has 0 spiro atoms. The van der Waals surface area contributed by atoms with Crippen molar-refractivity contribution >= 4 is 51.2 Å². The Bertz CT molecular complexity index is 1650. The van der Waals surface area contributed by atoms with Crippen LogP contribution in [0.3, 0.4) is 0 Å². The van der Waals surface area contributed by atoms with Crippen LogP contribution in [0.2, 0.25) is 0 Å². The second-order valence-corrected chi connectivity index (χ2v) is 8.63. The first-order chi connectivity index (χ1) is 18.5. The second-order valence-electron chi connectivity index (χ2n) is 8.63. The molecular weight excluding hydrogens is 478 g/mol. The molecule has 0 saturated carbocycles. The SMILES string of the molecule is COC(=O)c1ccc2nccc(Nc3cccc(C(=O)Nc4cccc(Nc5ccnc(C)c5)c4)c3)c2c1. The number of nitrogens with zero attached hydrogens (tertiary/aromatic N) is 2. The Balaban J connectivity index is 1.33. The van der Waals surface area contributed by atoms with E-state index in [0.717, 1.165) is 39.3 Å². The summed E-state index contributed by atoms with van der Waals surface area (Å²) in [6, 6.07) is 25.6. The van der Waals surface area contributed by atoms with Gasteiger partial charge in [0.2, 0.25) is 0 Å². The normalized spacial score (nSPS) is 10.6. The predicted molar refractivity (Wildman–Crippen MR) is 149 cm³/mol. The number of ether oxygens (including phenoxy) is 1. The van der Waals surface area contributed by atoms with Gasteiger partial charge in [-0.25, -0.2) is 4.79 Å². The van der Waals surface area contributed by atoms with E-state index in [4.69, 9.17) is 4.74 Å². The van der Waals surface area contributed by atoms with Gasteiger partial charge in [0, 0.05) is 57.5 Å². The van der Waals surface area contributed by atoms with Gasteiger partial charge >= 0.3 is 5.97 Å². The molecule has 0 unspecified atom stereocenters. The van der Waals surface area contributed by atoms with E-state index in [0.29, 0.717) is 16.8 Å². The van der Waals surface area contributed by atoms with Crippen LogP contribution < -0.4 is 16.0 Å². The van der Waals surface area contributed by atoms with Crippen LogP contribution in [-0.2, 0) is 4.74 Å². The highest BCUT2D eigenvalue weighted by molar-refractivity contribution is 6.05. The van der Waals surface area contributed by atoms with E-state index in [1.807, 2.05) is 61.5 Å². The maximum absolute atomic E-state index is 13.1. The van der Waals surface area contributed by atoms with Crippen LogP contribution in [0, 0.1) is 6.92 Å².